The maximum atomic E-state index is 12.4. The van der Waals surface area contributed by atoms with E-state index in [1.54, 1.807) is 0 Å². The molecule has 0 aliphatic carbocycles. The minimum atomic E-state index is -0.175. The van der Waals surface area contributed by atoms with Gasteiger partial charge in [0.2, 0.25) is 5.91 Å². The molecule has 0 aliphatic heterocycles. The fourth-order valence-electron chi connectivity index (χ4n) is 2.66. The molecule has 1 heterocycles. The number of nitrogens with one attached hydrogen (secondary N) is 2. The fourth-order valence-corrected chi connectivity index (χ4v) is 3.52. The van der Waals surface area contributed by atoms with E-state index in [0.29, 0.717) is 22.8 Å². The number of H-pyrrole nitrogens is 1. The van der Waals surface area contributed by atoms with E-state index in [9.17, 15) is 9.59 Å². The predicted molar refractivity (Wildman–Crippen MR) is 109 cm³/mol. The van der Waals surface area contributed by atoms with Crippen LogP contribution in [0.5, 0.6) is 0 Å². The van der Waals surface area contributed by atoms with Gasteiger partial charge >= 0.3 is 0 Å². The van der Waals surface area contributed by atoms with Crippen LogP contribution in [-0.4, -0.2) is 15.9 Å². The van der Waals surface area contributed by atoms with Crippen LogP contribution in [0.25, 0.3) is 0 Å². The van der Waals surface area contributed by atoms with Gasteiger partial charge in [-0.2, -0.15) is 0 Å². The summed E-state index contributed by atoms with van der Waals surface area (Å²) in [6.07, 6.45) is 0.591. The van der Waals surface area contributed by atoms with Crippen LogP contribution in [0.1, 0.15) is 23.2 Å². The zero-order chi connectivity index (χ0) is 19.1. The number of nitrogens with zero attached hydrogens (tertiary/aromatic N) is 1. The van der Waals surface area contributed by atoms with Crippen molar-refractivity contribution in [1.82, 2.24) is 9.97 Å². The molecule has 0 saturated carbocycles. The second kappa shape index (κ2) is 9.19. The molecule has 5 nitrogen and oxygen atoms in total. The number of aryl methyl sites for hydroxylation is 1. The van der Waals surface area contributed by atoms with Crippen LogP contribution in [-0.2, 0) is 17.0 Å². The van der Waals surface area contributed by atoms with Gasteiger partial charge in [-0.25, -0.2) is 4.98 Å². The van der Waals surface area contributed by atoms with E-state index in [1.165, 1.54) is 17.3 Å². The van der Waals surface area contributed by atoms with E-state index in [4.69, 9.17) is 0 Å². The Labute approximate surface area is 162 Å². The van der Waals surface area contributed by atoms with Crippen molar-refractivity contribution in [1.29, 1.82) is 0 Å². The zero-order valence-corrected chi connectivity index (χ0v) is 15.9. The van der Waals surface area contributed by atoms with Crippen molar-refractivity contribution >= 4 is 23.4 Å². The highest BCUT2D eigenvalue weighted by atomic mass is 32.2. The van der Waals surface area contributed by atoms with E-state index in [0.717, 1.165) is 11.4 Å². The molecule has 0 atom stereocenters. The van der Waals surface area contributed by atoms with E-state index >= 15 is 0 Å². The topological polar surface area (TPSA) is 74.8 Å². The van der Waals surface area contributed by atoms with Crippen LogP contribution in [0.3, 0.4) is 0 Å². The molecule has 0 radical (unpaired) electrons. The van der Waals surface area contributed by atoms with Crippen LogP contribution < -0.4 is 10.9 Å². The zero-order valence-electron chi connectivity index (χ0n) is 15.1. The number of thioether (sulfide) groups is 1. The number of rotatable bonds is 7. The molecule has 1 amide bonds. The Morgan fingerprint density at radius 2 is 1.74 bits per heavy atom. The number of amides is 1. The fraction of sp³-hybridized carbons (Fsp3) is 0.190. The SMILES string of the molecule is Cc1nc(SCc2ccccc2)[nH]c(=O)c1CCC(=O)Nc1ccccc1. The van der Waals surface area contributed by atoms with E-state index in [1.807, 2.05) is 67.6 Å². The minimum Gasteiger partial charge on any atom is -0.326 e. The Balaban J connectivity index is 1.59. The van der Waals surface area contributed by atoms with Crippen LogP contribution in [0.2, 0.25) is 0 Å². The molecule has 0 fully saturated rings. The van der Waals surface area contributed by atoms with Gasteiger partial charge < -0.3 is 10.3 Å². The molecule has 0 unspecified atom stereocenters. The van der Waals surface area contributed by atoms with Gasteiger partial charge in [0.25, 0.3) is 5.56 Å². The molecule has 0 saturated heterocycles. The average Bonchev–Trinajstić information content (AvgIpc) is 2.67. The third kappa shape index (κ3) is 5.56. The number of benzene rings is 2. The maximum absolute atomic E-state index is 12.4. The average molecular weight is 379 g/mol. The van der Waals surface area contributed by atoms with Gasteiger partial charge in [0.1, 0.15) is 0 Å². The Hall–Kier alpha value is -2.86. The lowest BCUT2D eigenvalue weighted by Crippen LogP contribution is -2.20. The normalized spacial score (nSPS) is 10.6. The Kier molecular flexibility index (Phi) is 6.44. The summed E-state index contributed by atoms with van der Waals surface area (Å²) in [4.78, 5) is 31.8. The summed E-state index contributed by atoms with van der Waals surface area (Å²) in [5.41, 5.74) is 2.97. The number of aromatic amines is 1. The van der Waals surface area contributed by atoms with Crippen molar-refractivity contribution in [2.24, 2.45) is 0 Å². The number of aromatic nitrogens is 2. The van der Waals surface area contributed by atoms with Gasteiger partial charge in [-0.15, -0.1) is 0 Å². The summed E-state index contributed by atoms with van der Waals surface area (Å²) in [5.74, 6) is 0.615. The Bertz CT molecular complexity index is 956. The van der Waals surface area contributed by atoms with Gasteiger partial charge in [0, 0.05) is 29.1 Å². The highest BCUT2D eigenvalue weighted by molar-refractivity contribution is 7.98. The first kappa shape index (κ1) is 18.9. The van der Waals surface area contributed by atoms with E-state index in [2.05, 4.69) is 15.3 Å². The summed E-state index contributed by atoms with van der Waals surface area (Å²) < 4.78 is 0. The van der Waals surface area contributed by atoms with Crippen molar-refractivity contribution in [3.63, 3.8) is 0 Å². The van der Waals surface area contributed by atoms with Crippen LogP contribution in [0.15, 0.2) is 70.6 Å². The Morgan fingerprint density at radius 1 is 1.07 bits per heavy atom. The third-order valence-corrected chi connectivity index (χ3v) is 5.02. The standard InChI is InChI=1S/C21H21N3O2S/c1-15-18(12-13-19(25)23-17-10-6-3-7-11-17)20(26)24-21(22-15)27-14-16-8-4-2-5-9-16/h2-11H,12-14H2,1H3,(H,23,25)(H,22,24,26). The number of carbonyl (C=O) groups is 1. The van der Waals surface area contributed by atoms with Gasteiger partial charge in [-0.05, 0) is 31.0 Å². The molecule has 3 rings (SSSR count). The monoisotopic (exact) mass is 379 g/mol. The Morgan fingerprint density at radius 3 is 2.41 bits per heavy atom. The second-order valence-corrected chi connectivity index (χ2v) is 7.09. The van der Waals surface area contributed by atoms with Gasteiger partial charge in [-0.1, -0.05) is 60.3 Å². The molecular weight excluding hydrogens is 358 g/mol. The number of carbonyl (C=O) groups excluding carboxylic acids is 1. The molecule has 0 bridgehead atoms. The molecule has 2 aromatic carbocycles. The van der Waals surface area contributed by atoms with Crippen LogP contribution >= 0.6 is 11.8 Å². The lowest BCUT2D eigenvalue weighted by molar-refractivity contribution is -0.116. The molecular formula is C21H21N3O2S. The largest absolute Gasteiger partial charge is 0.326 e. The molecule has 27 heavy (non-hydrogen) atoms. The molecule has 1 aromatic heterocycles. The lowest BCUT2D eigenvalue weighted by atomic mass is 10.1. The molecule has 138 valence electrons. The van der Waals surface area contributed by atoms with Crippen molar-refractivity contribution in [3.8, 4) is 0 Å². The van der Waals surface area contributed by atoms with Gasteiger partial charge in [0.15, 0.2) is 5.16 Å². The molecule has 0 aliphatic rings. The smallest absolute Gasteiger partial charge is 0.254 e. The summed E-state index contributed by atoms with van der Waals surface area (Å²) in [5, 5.41) is 3.42. The van der Waals surface area contributed by atoms with Crippen molar-refractivity contribution in [2.75, 3.05) is 5.32 Å². The first-order chi connectivity index (χ1) is 13.1. The van der Waals surface area contributed by atoms with E-state index in [-0.39, 0.29) is 17.9 Å². The third-order valence-electron chi connectivity index (χ3n) is 4.08. The highest BCUT2D eigenvalue weighted by Crippen LogP contribution is 2.19. The molecule has 6 heteroatoms. The van der Waals surface area contributed by atoms with Crippen LogP contribution in [0.4, 0.5) is 5.69 Å². The summed E-state index contributed by atoms with van der Waals surface area (Å²) in [6.45, 7) is 1.81. The molecule has 3 aromatic rings. The molecule has 0 spiro atoms. The summed E-state index contributed by atoms with van der Waals surface area (Å²) in [7, 11) is 0. The maximum Gasteiger partial charge on any atom is 0.254 e. The summed E-state index contributed by atoms with van der Waals surface area (Å²) in [6, 6.07) is 19.3. The summed E-state index contributed by atoms with van der Waals surface area (Å²) >= 11 is 1.49. The van der Waals surface area contributed by atoms with Crippen molar-refractivity contribution in [3.05, 3.63) is 87.8 Å². The quantitative estimate of drug-likeness (QED) is 0.482. The first-order valence-electron chi connectivity index (χ1n) is 8.73. The van der Waals surface area contributed by atoms with Crippen LogP contribution in [0, 0.1) is 6.92 Å². The highest BCUT2D eigenvalue weighted by Gasteiger charge is 2.11. The molecule has 2 N–H and O–H groups in total. The lowest BCUT2D eigenvalue weighted by Gasteiger charge is -2.08. The van der Waals surface area contributed by atoms with Crippen molar-refractivity contribution < 1.29 is 4.79 Å². The number of hydrogen-bond acceptors (Lipinski definition) is 4. The predicted octanol–water partition coefficient (Wildman–Crippen LogP) is 3.94. The van der Waals surface area contributed by atoms with E-state index < -0.39 is 0 Å². The first-order valence-corrected chi connectivity index (χ1v) is 9.72. The number of para-hydroxylation sites is 1. The number of anilines is 1. The van der Waals surface area contributed by atoms with Crippen molar-refractivity contribution in [2.45, 2.75) is 30.7 Å². The van der Waals surface area contributed by atoms with Gasteiger partial charge in [-0.3, -0.25) is 9.59 Å². The second-order valence-electron chi connectivity index (χ2n) is 6.12. The number of hydrogen-bond donors (Lipinski definition) is 2. The minimum absolute atomic E-state index is 0.123. The van der Waals surface area contributed by atoms with Gasteiger partial charge in [0.05, 0.1) is 0 Å².